The van der Waals surface area contributed by atoms with E-state index in [1.807, 2.05) is 0 Å². The zero-order valence-corrected chi connectivity index (χ0v) is 13.7. The molecule has 1 saturated carbocycles. The summed E-state index contributed by atoms with van der Waals surface area (Å²) in [6.45, 7) is 2.26. The molecule has 1 aromatic rings. The SMILES string of the molecule is C[C@@H]1CCCC[C@H]1NC(=O)CSc1ccc2c(c1)CCC2. The van der Waals surface area contributed by atoms with Gasteiger partial charge in [-0.3, -0.25) is 4.79 Å². The van der Waals surface area contributed by atoms with Crippen LogP contribution in [-0.4, -0.2) is 17.7 Å². The number of nitrogens with one attached hydrogen (secondary N) is 1. The summed E-state index contributed by atoms with van der Waals surface area (Å²) < 4.78 is 0. The standard InChI is InChI=1S/C18H25NOS/c1-13-5-2-3-8-17(13)19-18(20)12-21-16-10-9-14-6-4-7-15(14)11-16/h9-11,13,17H,2-8,12H2,1H3,(H,19,20)/t13-,17-/m1/s1. The molecular formula is C18H25NOS. The number of hydrogen-bond donors (Lipinski definition) is 1. The minimum Gasteiger partial charge on any atom is -0.352 e. The van der Waals surface area contributed by atoms with Crippen molar-refractivity contribution >= 4 is 17.7 Å². The van der Waals surface area contributed by atoms with E-state index in [0.717, 1.165) is 6.42 Å². The Hall–Kier alpha value is -0.960. The molecule has 0 bridgehead atoms. The van der Waals surface area contributed by atoms with Gasteiger partial charge in [-0.05, 0) is 61.3 Å². The molecular weight excluding hydrogens is 278 g/mol. The first kappa shape index (κ1) is 15.0. The predicted octanol–water partition coefficient (Wildman–Crippen LogP) is 3.96. The summed E-state index contributed by atoms with van der Waals surface area (Å²) in [5.74, 6) is 1.37. The molecule has 3 heteroatoms. The maximum atomic E-state index is 12.1. The van der Waals surface area contributed by atoms with Crippen LogP contribution in [0.5, 0.6) is 0 Å². The lowest BCUT2D eigenvalue weighted by Crippen LogP contribution is -2.41. The summed E-state index contributed by atoms with van der Waals surface area (Å²) in [6, 6.07) is 7.09. The third-order valence-corrected chi connectivity index (χ3v) is 5.89. The summed E-state index contributed by atoms with van der Waals surface area (Å²) in [7, 11) is 0. The molecule has 1 fully saturated rings. The molecule has 0 spiro atoms. The van der Waals surface area contributed by atoms with Gasteiger partial charge in [0.2, 0.25) is 5.91 Å². The lowest BCUT2D eigenvalue weighted by molar-refractivity contribution is -0.119. The van der Waals surface area contributed by atoms with Crippen LogP contribution in [0.3, 0.4) is 0 Å². The van der Waals surface area contributed by atoms with Crippen molar-refractivity contribution in [2.45, 2.75) is 62.8 Å². The fourth-order valence-electron chi connectivity index (χ4n) is 3.57. The number of amides is 1. The summed E-state index contributed by atoms with van der Waals surface area (Å²) in [4.78, 5) is 13.4. The highest BCUT2D eigenvalue weighted by Crippen LogP contribution is 2.28. The van der Waals surface area contributed by atoms with Crippen LogP contribution < -0.4 is 5.32 Å². The molecule has 0 radical (unpaired) electrons. The van der Waals surface area contributed by atoms with Gasteiger partial charge >= 0.3 is 0 Å². The van der Waals surface area contributed by atoms with E-state index in [2.05, 4.69) is 30.4 Å². The average Bonchev–Trinajstić information content (AvgIpc) is 2.95. The molecule has 0 aliphatic heterocycles. The number of carbonyl (C=O) groups is 1. The van der Waals surface area contributed by atoms with E-state index in [4.69, 9.17) is 0 Å². The van der Waals surface area contributed by atoms with E-state index in [0.29, 0.717) is 17.7 Å². The zero-order chi connectivity index (χ0) is 14.7. The molecule has 2 atom stereocenters. The molecule has 0 heterocycles. The number of rotatable bonds is 4. The van der Waals surface area contributed by atoms with Gasteiger partial charge in [-0.1, -0.05) is 25.8 Å². The Labute approximate surface area is 132 Å². The quantitative estimate of drug-likeness (QED) is 0.853. The maximum Gasteiger partial charge on any atom is 0.230 e. The molecule has 2 aliphatic carbocycles. The van der Waals surface area contributed by atoms with Crippen LogP contribution >= 0.6 is 11.8 Å². The molecule has 3 rings (SSSR count). The molecule has 2 aliphatic rings. The van der Waals surface area contributed by atoms with Crippen LogP contribution in [0.1, 0.15) is 50.2 Å². The van der Waals surface area contributed by atoms with Gasteiger partial charge in [0.15, 0.2) is 0 Å². The summed E-state index contributed by atoms with van der Waals surface area (Å²) in [6.07, 6.45) is 8.68. The van der Waals surface area contributed by atoms with Crippen LogP contribution in [0, 0.1) is 5.92 Å². The second-order valence-corrected chi connectivity index (χ2v) is 7.56. The smallest absolute Gasteiger partial charge is 0.230 e. The van der Waals surface area contributed by atoms with Crippen LogP contribution in [0.15, 0.2) is 23.1 Å². The number of aryl methyl sites for hydroxylation is 2. The highest BCUT2D eigenvalue weighted by Gasteiger charge is 2.22. The fourth-order valence-corrected chi connectivity index (χ4v) is 4.34. The Morgan fingerprint density at radius 2 is 2.00 bits per heavy atom. The van der Waals surface area contributed by atoms with E-state index in [9.17, 15) is 4.79 Å². The molecule has 0 aromatic heterocycles. The Bertz CT molecular complexity index is 514. The maximum absolute atomic E-state index is 12.1. The summed E-state index contributed by atoms with van der Waals surface area (Å²) >= 11 is 1.67. The number of fused-ring (bicyclic) bond motifs is 1. The van der Waals surface area contributed by atoms with Crippen LogP contribution in [0.25, 0.3) is 0 Å². The van der Waals surface area contributed by atoms with Gasteiger partial charge in [-0.25, -0.2) is 0 Å². The van der Waals surface area contributed by atoms with Crippen molar-refractivity contribution in [1.29, 1.82) is 0 Å². The van der Waals surface area contributed by atoms with Gasteiger partial charge in [0.25, 0.3) is 0 Å². The van der Waals surface area contributed by atoms with Crippen molar-refractivity contribution in [3.05, 3.63) is 29.3 Å². The van der Waals surface area contributed by atoms with Crippen LogP contribution in [-0.2, 0) is 17.6 Å². The van der Waals surface area contributed by atoms with Crippen LogP contribution in [0.2, 0.25) is 0 Å². The molecule has 114 valence electrons. The number of hydrogen-bond acceptors (Lipinski definition) is 2. The molecule has 2 nitrogen and oxygen atoms in total. The van der Waals surface area contributed by atoms with Crippen molar-refractivity contribution in [2.75, 3.05) is 5.75 Å². The molecule has 0 saturated heterocycles. The third-order valence-electron chi connectivity index (χ3n) is 4.90. The van der Waals surface area contributed by atoms with Crippen molar-refractivity contribution in [1.82, 2.24) is 5.32 Å². The van der Waals surface area contributed by atoms with Gasteiger partial charge in [0.1, 0.15) is 0 Å². The first-order valence-electron chi connectivity index (χ1n) is 8.26. The Morgan fingerprint density at radius 3 is 2.86 bits per heavy atom. The van der Waals surface area contributed by atoms with Crippen molar-refractivity contribution < 1.29 is 4.79 Å². The van der Waals surface area contributed by atoms with Gasteiger partial charge < -0.3 is 5.32 Å². The second-order valence-electron chi connectivity index (χ2n) is 6.51. The summed E-state index contributed by atoms with van der Waals surface area (Å²) in [5.41, 5.74) is 2.99. The largest absolute Gasteiger partial charge is 0.352 e. The number of benzene rings is 1. The third kappa shape index (κ3) is 3.82. The predicted molar refractivity (Wildman–Crippen MR) is 88.8 cm³/mol. The monoisotopic (exact) mass is 303 g/mol. The molecule has 1 N–H and O–H groups in total. The zero-order valence-electron chi connectivity index (χ0n) is 12.9. The first-order valence-corrected chi connectivity index (χ1v) is 9.25. The minimum absolute atomic E-state index is 0.194. The second kappa shape index (κ2) is 6.87. The average molecular weight is 303 g/mol. The van der Waals surface area contributed by atoms with Gasteiger partial charge in [-0.2, -0.15) is 0 Å². The highest BCUT2D eigenvalue weighted by atomic mass is 32.2. The van der Waals surface area contributed by atoms with Crippen LogP contribution in [0.4, 0.5) is 0 Å². The van der Waals surface area contributed by atoms with E-state index >= 15 is 0 Å². The number of thioether (sulfide) groups is 1. The van der Waals surface area contributed by atoms with Gasteiger partial charge in [-0.15, -0.1) is 11.8 Å². The van der Waals surface area contributed by atoms with E-state index in [-0.39, 0.29) is 5.91 Å². The molecule has 1 aromatic carbocycles. The van der Waals surface area contributed by atoms with E-state index < -0.39 is 0 Å². The molecule has 21 heavy (non-hydrogen) atoms. The van der Waals surface area contributed by atoms with E-state index in [1.54, 1.807) is 11.8 Å². The highest BCUT2D eigenvalue weighted by molar-refractivity contribution is 8.00. The van der Waals surface area contributed by atoms with Gasteiger partial charge in [0.05, 0.1) is 5.75 Å². The van der Waals surface area contributed by atoms with Crippen molar-refractivity contribution in [2.24, 2.45) is 5.92 Å². The number of carbonyl (C=O) groups excluding carboxylic acids is 1. The van der Waals surface area contributed by atoms with Crippen molar-refractivity contribution in [3.63, 3.8) is 0 Å². The molecule has 1 amide bonds. The summed E-state index contributed by atoms with van der Waals surface area (Å²) in [5, 5.41) is 3.23. The van der Waals surface area contributed by atoms with Crippen molar-refractivity contribution in [3.8, 4) is 0 Å². The Morgan fingerprint density at radius 1 is 1.19 bits per heavy atom. The van der Waals surface area contributed by atoms with Gasteiger partial charge in [0, 0.05) is 10.9 Å². The normalized spacial score (nSPS) is 24.6. The lowest BCUT2D eigenvalue weighted by Gasteiger charge is -2.29. The fraction of sp³-hybridized carbons (Fsp3) is 0.611. The lowest BCUT2D eigenvalue weighted by atomic mass is 9.86. The minimum atomic E-state index is 0.194. The Balaban J connectivity index is 1.49. The van der Waals surface area contributed by atoms with E-state index in [1.165, 1.54) is 54.5 Å². The first-order chi connectivity index (χ1) is 10.2. The Kier molecular flexibility index (Phi) is 4.89. The molecule has 0 unspecified atom stereocenters. The topological polar surface area (TPSA) is 29.1 Å².